The molecular weight excluding hydrogens is 300 g/mol. The molecule has 0 unspecified atom stereocenters. The van der Waals surface area contributed by atoms with Crippen LogP contribution in [0.5, 0.6) is 0 Å². The molecule has 2 rings (SSSR count). The second-order valence-corrected chi connectivity index (χ2v) is 4.87. The van der Waals surface area contributed by atoms with Gasteiger partial charge >= 0.3 is 5.97 Å². The number of carboxylic acids is 1. The van der Waals surface area contributed by atoms with Crippen LogP contribution >= 0.6 is 23.4 Å². The molecule has 8 heteroatoms. The number of aliphatic carboxylic acids is 1. The molecule has 1 N–H and O–H groups in total. The Morgan fingerprint density at radius 1 is 1.65 bits per heavy atom. The first kappa shape index (κ1) is 14.4. The van der Waals surface area contributed by atoms with Gasteiger partial charge in [0.25, 0.3) is 0 Å². The van der Waals surface area contributed by atoms with Gasteiger partial charge in [-0.05, 0) is 24.6 Å². The number of nitriles is 1. The van der Waals surface area contributed by atoms with Crippen LogP contribution in [0.4, 0.5) is 0 Å². The minimum atomic E-state index is -1.03. The molecule has 0 saturated carbocycles. The molecule has 102 valence electrons. The van der Waals surface area contributed by atoms with E-state index in [4.69, 9.17) is 16.7 Å². The zero-order valence-corrected chi connectivity index (χ0v) is 11.9. The van der Waals surface area contributed by atoms with Gasteiger partial charge in [-0.15, -0.1) is 0 Å². The summed E-state index contributed by atoms with van der Waals surface area (Å²) in [4.78, 5) is 20.5. The Hall–Kier alpha value is -2.04. The molecule has 0 spiro atoms. The smallest absolute Gasteiger partial charge is 0.353 e. The number of allylic oxidation sites excluding steroid dienone is 1. The van der Waals surface area contributed by atoms with Gasteiger partial charge in [-0.25, -0.2) is 14.8 Å². The molecule has 1 aromatic heterocycles. The van der Waals surface area contributed by atoms with Crippen LogP contribution in [0.2, 0.25) is 5.28 Å². The Morgan fingerprint density at radius 3 is 2.95 bits per heavy atom. The van der Waals surface area contributed by atoms with Gasteiger partial charge in [-0.3, -0.25) is 0 Å². The van der Waals surface area contributed by atoms with Crippen molar-refractivity contribution in [2.75, 3.05) is 6.54 Å². The highest BCUT2D eigenvalue weighted by Crippen LogP contribution is 2.38. The van der Waals surface area contributed by atoms with Crippen molar-refractivity contribution in [3.8, 4) is 6.07 Å². The summed E-state index contributed by atoms with van der Waals surface area (Å²) in [6.07, 6.45) is 1.45. The van der Waals surface area contributed by atoms with Gasteiger partial charge in [0, 0.05) is 18.1 Å². The number of hydrogen-bond acceptors (Lipinski definition) is 6. The Labute approximate surface area is 124 Å². The average Bonchev–Trinajstić information content (AvgIpc) is 2.83. The molecule has 20 heavy (non-hydrogen) atoms. The summed E-state index contributed by atoms with van der Waals surface area (Å²) in [6.45, 7) is 2.25. The number of halogens is 1. The molecule has 1 aromatic rings. The Balaban J connectivity index is 2.51. The number of carboxylic acid groups (broad SMARTS) is 1. The fourth-order valence-corrected chi connectivity index (χ4v) is 2.93. The maximum Gasteiger partial charge on any atom is 0.353 e. The van der Waals surface area contributed by atoms with Crippen LogP contribution in [0, 0.1) is 11.3 Å². The first-order chi connectivity index (χ1) is 9.58. The van der Waals surface area contributed by atoms with Crippen molar-refractivity contribution in [3.63, 3.8) is 0 Å². The van der Waals surface area contributed by atoms with E-state index in [1.807, 2.05) is 6.92 Å². The van der Waals surface area contributed by atoms with Crippen molar-refractivity contribution < 1.29 is 9.90 Å². The van der Waals surface area contributed by atoms with Crippen molar-refractivity contribution in [2.24, 2.45) is 0 Å². The van der Waals surface area contributed by atoms with Crippen LogP contribution in [-0.2, 0) is 4.79 Å². The molecule has 1 aliphatic rings. The molecule has 0 amide bonds. The summed E-state index contributed by atoms with van der Waals surface area (Å²) in [5.41, 5.74) is 0.780. The van der Waals surface area contributed by atoms with E-state index in [1.54, 1.807) is 11.0 Å². The van der Waals surface area contributed by atoms with E-state index >= 15 is 0 Å². The van der Waals surface area contributed by atoms with Gasteiger partial charge in [-0.1, -0.05) is 11.8 Å². The summed E-state index contributed by atoms with van der Waals surface area (Å²) >= 11 is 6.90. The van der Waals surface area contributed by atoms with Crippen molar-refractivity contribution in [1.29, 1.82) is 5.26 Å². The highest BCUT2D eigenvalue weighted by Gasteiger charge is 2.28. The molecule has 0 saturated heterocycles. The van der Waals surface area contributed by atoms with Crippen molar-refractivity contribution in [3.05, 3.63) is 39.4 Å². The number of carbonyl (C=O) groups is 1. The van der Waals surface area contributed by atoms with Crippen LogP contribution in [0.3, 0.4) is 0 Å². The molecule has 0 atom stereocenters. The topological polar surface area (TPSA) is 90.1 Å². The third-order valence-electron chi connectivity index (χ3n) is 2.56. The lowest BCUT2D eigenvalue weighted by atomic mass is 10.2. The van der Waals surface area contributed by atoms with Gasteiger partial charge in [0.05, 0.1) is 5.69 Å². The predicted octanol–water partition coefficient (Wildman–Crippen LogP) is 2.32. The molecule has 2 heterocycles. The standard InChI is InChI=1S/C12H9ClN4O2S/c1-2-17-9(11(18)19)6-20-10(17)7(5-14)8-3-4-15-12(13)16-8/h3-4,6H,2H2,1H3,(H,18,19). The fourth-order valence-electron chi connectivity index (χ4n) is 1.71. The molecule has 0 aromatic carbocycles. The Bertz CT molecular complexity index is 666. The monoisotopic (exact) mass is 308 g/mol. The number of aromatic nitrogens is 2. The highest BCUT2D eigenvalue weighted by molar-refractivity contribution is 8.06. The van der Waals surface area contributed by atoms with E-state index < -0.39 is 5.97 Å². The van der Waals surface area contributed by atoms with Crippen LogP contribution < -0.4 is 0 Å². The first-order valence-electron chi connectivity index (χ1n) is 5.59. The lowest BCUT2D eigenvalue weighted by molar-refractivity contribution is -0.134. The van der Waals surface area contributed by atoms with Gasteiger partial charge in [0.1, 0.15) is 22.4 Å². The van der Waals surface area contributed by atoms with Gasteiger partial charge < -0.3 is 10.0 Å². The van der Waals surface area contributed by atoms with Gasteiger partial charge in [0.2, 0.25) is 5.28 Å². The van der Waals surface area contributed by atoms with Crippen LogP contribution in [0.25, 0.3) is 5.57 Å². The maximum absolute atomic E-state index is 11.1. The Morgan fingerprint density at radius 2 is 2.40 bits per heavy atom. The van der Waals surface area contributed by atoms with E-state index in [1.165, 1.54) is 23.4 Å². The summed E-state index contributed by atoms with van der Waals surface area (Å²) in [7, 11) is 0. The third kappa shape index (κ3) is 2.61. The fraction of sp³-hybridized carbons (Fsp3) is 0.167. The molecule has 0 bridgehead atoms. The van der Waals surface area contributed by atoms with E-state index in [0.29, 0.717) is 17.3 Å². The average molecular weight is 309 g/mol. The second kappa shape index (κ2) is 5.94. The lowest BCUT2D eigenvalue weighted by Crippen LogP contribution is -2.23. The summed E-state index contributed by atoms with van der Waals surface area (Å²) < 4.78 is 0. The van der Waals surface area contributed by atoms with Crippen LogP contribution in [-0.4, -0.2) is 32.5 Å². The minimum Gasteiger partial charge on any atom is -0.477 e. The molecular formula is C12H9ClN4O2S. The number of hydrogen-bond donors (Lipinski definition) is 1. The molecule has 0 aliphatic carbocycles. The van der Waals surface area contributed by atoms with Crippen molar-refractivity contribution in [1.82, 2.24) is 14.9 Å². The quantitative estimate of drug-likeness (QED) is 0.677. The molecule has 0 fully saturated rings. The summed E-state index contributed by atoms with van der Waals surface area (Å²) in [5, 5.41) is 20.5. The summed E-state index contributed by atoms with van der Waals surface area (Å²) in [5.74, 6) is -1.03. The predicted molar refractivity (Wildman–Crippen MR) is 75.3 cm³/mol. The lowest BCUT2D eigenvalue weighted by Gasteiger charge is -2.19. The normalized spacial score (nSPS) is 16.6. The molecule has 0 radical (unpaired) electrons. The largest absolute Gasteiger partial charge is 0.477 e. The van der Waals surface area contributed by atoms with Crippen LogP contribution in [0.1, 0.15) is 12.6 Å². The zero-order valence-electron chi connectivity index (χ0n) is 10.4. The number of nitrogens with zero attached hydrogens (tertiary/aromatic N) is 4. The van der Waals surface area contributed by atoms with Crippen molar-refractivity contribution in [2.45, 2.75) is 6.92 Å². The van der Waals surface area contributed by atoms with Crippen molar-refractivity contribution >= 4 is 34.9 Å². The number of likely N-dealkylation sites (N-methyl/N-ethyl adjacent to an activating group) is 1. The molecule has 1 aliphatic heterocycles. The molecule has 6 nitrogen and oxygen atoms in total. The maximum atomic E-state index is 11.1. The van der Waals surface area contributed by atoms with E-state index in [2.05, 4.69) is 16.0 Å². The second-order valence-electron chi connectivity index (χ2n) is 3.67. The van der Waals surface area contributed by atoms with E-state index in [0.717, 1.165) is 0 Å². The minimum absolute atomic E-state index is 0.0355. The number of thioether (sulfide) groups is 1. The van der Waals surface area contributed by atoms with E-state index in [-0.39, 0.29) is 16.6 Å². The Kier molecular flexibility index (Phi) is 4.27. The number of rotatable bonds is 3. The third-order valence-corrected chi connectivity index (χ3v) is 3.73. The van der Waals surface area contributed by atoms with Gasteiger partial charge in [-0.2, -0.15) is 5.26 Å². The van der Waals surface area contributed by atoms with Crippen LogP contribution in [0.15, 0.2) is 28.4 Å². The zero-order chi connectivity index (χ0) is 14.7. The first-order valence-corrected chi connectivity index (χ1v) is 6.85. The highest BCUT2D eigenvalue weighted by atomic mass is 35.5. The SMILES string of the molecule is CCN1C(C(=O)O)=CSC1=C(C#N)c1ccnc(Cl)n1. The van der Waals surface area contributed by atoms with E-state index in [9.17, 15) is 10.1 Å². The summed E-state index contributed by atoms with van der Waals surface area (Å²) in [6, 6.07) is 3.61. The van der Waals surface area contributed by atoms with Gasteiger partial charge in [0.15, 0.2) is 0 Å².